The fraction of sp³-hybridized carbons (Fsp3) is 1.00. The van der Waals surface area contributed by atoms with Crippen LogP contribution in [0.15, 0.2) is 0 Å². The molecule has 0 N–H and O–H groups in total. The van der Waals surface area contributed by atoms with E-state index in [4.69, 9.17) is 0 Å². The van der Waals surface area contributed by atoms with Crippen LogP contribution in [-0.4, -0.2) is 12.3 Å². The monoisotopic (exact) mass is 258 g/mol. The van der Waals surface area contributed by atoms with Gasteiger partial charge in [-0.15, -0.1) is 8.58 Å². The fourth-order valence-corrected chi connectivity index (χ4v) is 4.03. The summed E-state index contributed by atoms with van der Waals surface area (Å²) in [7, 11) is 1.11. The number of unbranched alkanes of at least 4 members (excludes halogenated alkanes) is 1. The molecule has 0 spiro atoms. The van der Waals surface area contributed by atoms with Gasteiger partial charge in [0.25, 0.3) is 0 Å². The van der Waals surface area contributed by atoms with Crippen LogP contribution in [0.5, 0.6) is 0 Å². The molecule has 0 radical (unpaired) electrons. The predicted molar refractivity (Wildman–Crippen MR) is 84.6 cm³/mol. The van der Waals surface area contributed by atoms with E-state index in [1.807, 2.05) is 0 Å². The highest BCUT2D eigenvalue weighted by atomic mass is 31.1. The highest BCUT2D eigenvalue weighted by molar-refractivity contribution is 7.38. The lowest BCUT2D eigenvalue weighted by Gasteiger charge is -2.30. The molecule has 0 aromatic heterocycles. The molecule has 0 nitrogen and oxygen atoms in total. The average molecular weight is 258 g/mol. The first kappa shape index (κ1) is 17.4. The quantitative estimate of drug-likeness (QED) is 0.439. The Morgan fingerprint density at radius 3 is 1.94 bits per heavy atom. The van der Waals surface area contributed by atoms with Gasteiger partial charge in [0.2, 0.25) is 0 Å². The Bertz CT molecular complexity index is 169. The lowest BCUT2D eigenvalue weighted by atomic mass is 9.86. The molecule has 0 aromatic carbocycles. The zero-order valence-corrected chi connectivity index (χ0v) is 14.1. The molecule has 0 heterocycles. The van der Waals surface area contributed by atoms with Crippen molar-refractivity contribution in [1.82, 2.24) is 0 Å². The topological polar surface area (TPSA) is 0 Å². The summed E-state index contributed by atoms with van der Waals surface area (Å²) < 4.78 is 0. The van der Waals surface area contributed by atoms with Crippen LogP contribution in [0.1, 0.15) is 79.6 Å². The molecule has 0 saturated heterocycles. The van der Waals surface area contributed by atoms with Gasteiger partial charge in [-0.1, -0.05) is 73.1 Å². The Morgan fingerprint density at radius 2 is 1.53 bits per heavy atom. The number of rotatable bonds is 9. The van der Waals surface area contributed by atoms with Gasteiger partial charge in [-0.2, -0.15) is 0 Å². The van der Waals surface area contributed by atoms with Crippen molar-refractivity contribution in [3.63, 3.8) is 0 Å². The van der Waals surface area contributed by atoms with E-state index in [-0.39, 0.29) is 0 Å². The molecule has 0 rings (SSSR count). The van der Waals surface area contributed by atoms with Crippen molar-refractivity contribution < 1.29 is 0 Å². The van der Waals surface area contributed by atoms with Crippen molar-refractivity contribution in [1.29, 1.82) is 0 Å². The van der Waals surface area contributed by atoms with Crippen molar-refractivity contribution in [2.75, 3.05) is 6.66 Å². The minimum atomic E-state index is 0.512. The summed E-state index contributed by atoms with van der Waals surface area (Å²) in [6, 6.07) is 0. The zero-order chi connectivity index (χ0) is 13.3. The van der Waals surface area contributed by atoms with Gasteiger partial charge >= 0.3 is 0 Å². The van der Waals surface area contributed by atoms with Crippen LogP contribution in [0.2, 0.25) is 0 Å². The van der Waals surface area contributed by atoms with Crippen molar-refractivity contribution in [2.24, 2.45) is 11.3 Å². The van der Waals surface area contributed by atoms with Gasteiger partial charge in [0.05, 0.1) is 0 Å². The summed E-state index contributed by atoms with van der Waals surface area (Å²) >= 11 is 0. The van der Waals surface area contributed by atoms with Gasteiger partial charge in [0.15, 0.2) is 0 Å². The van der Waals surface area contributed by atoms with Gasteiger partial charge in [0, 0.05) is 0 Å². The van der Waals surface area contributed by atoms with E-state index in [9.17, 15) is 0 Å². The second-order valence-corrected chi connectivity index (χ2v) is 7.83. The van der Waals surface area contributed by atoms with E-state index >= 15 is 0 Å². The molecule has 0 amide bonds. The van der Waals surface area contributed by atoms with E-state index < -0.39 is 0 Å². The largest absolute Gasteiger partial charge is 0.122 e. The maximum Gasteiger partial charge on any atom is -0.0190 e. The Balaban J connectivity index is 3.86. The van der Waals surface area contributed by atoms with Gasteiger partial charge < -0.3 is 0 Å². The third-order valence-electron chi connectivity index (χ3n) is 4.04. The van der Waals surface area contributed by atoms with Crippen LogP contribution in [0.4, 0.5) is 0 Å². The van der Waals surface area contributed by atoms with Crippen molar-refractivity contribution in [3.05, 3.63) is 0 Å². The molecule has 104 valence electrons. The average Bonchev–Trinajstić information content (AvgIpc) is 2.26. The van der Waals surface area contributed by atoms with Crippen LogP contribution in [0.25, 0.3) is 0 Å². The molecule has 0 aromatic rings. The summed E-state index contributed by atoms with van der Waals surface area (Å²) in [6.45, 7) is 14.3. The smallest absolute Gasteiger partial charge is 0.0190 e. The minimum absolute atomic E-state index is 0.512. The predicted octanol–water partition coefficient (Wildman–Crippen LogP) is 6.10. The van der Waals surface area contributed by atoms with Gasteiger partial charge in [-0.25, -0.2) is 0 Å². The molecule has 0 fully saturated rings. The highest BCUT2D eigenvalue weighted by Gasteiger charge is 2.22. The van der Waals surface area contributed by atoms with Gasteiger partial charge in [-0.3, -0.25) is 0 Å². The van der Waals surface area contributed by atoms with Gasteiger partial charge in [0.1, 0.15) is 0 Å². The summed E-state index contributed by atoms with van der Waals surface area (Å²) in [5, 5.41) is 0. The van der Waals surface area contributed by atoms with E-state index in [0.717, 1.165) is 20.2 Å². The molecular weight excluding hydrogens is 223 g/mol. The third kappa shape index (κ3) is 8.20. The van der Waals surface area contributed by atoms with Crippen LogP contribution in [-0.2, 0) is 0 Å². The molecule has 0 aliphatic rings. The normalized spacial score (nSPS) is 16.6. The zero-order valence-electron chi connectivity index (χ0n) is 13.1. The number of hydrogen-bond donors (Lipinski definition) is 0. The van der Waals surface area contributed by atoms with Crippen molar-refractivity contribution >= 4 is 8.58 Å². The second-order valence-electron chi connectivity index (χ2n) is 6.55. The summed E-state index contributed by atoms with van der Waals surface area (Å²) in [6.07, 6.45) is 9.99. The first-order valence-corrected chi connectivity index (χ1v) is 9.20. The van der Waals surface area contributed by atoms with E-state index in [0.29, 0.717) is 5.41 Å². The van der Waals surface area contributed by atoms with Crippen LogP contribution in [0.3, 0.4) is 0 Å². The molecular formula is C16H35P. The summed E-state index contributed by atoms with van der Waals surface area (Å²) in [5.74, 6) is 0.996. The lowest BCUT2D eigenvalue weighted by molar-refractivity contribution is 0.347. The molecule has 3 unspecified atom stereocenters. The summed E-state index contributed by atoms with van der Waals surface area (Å²) in [5.41, 5.74) is 1.45. The number of hydrogen-bond acceptors (Lipinski definition) is 0. The standard InChI is InChI=1S/C16H35P/c1-7-9-11-14(8-2)12-10-13-15(17-6)16(3,4)5/h14-15,17H,7-13H2,1-6H3. The van der Waals surface area contributed by atoms with Crippen LogP contribution in [0, 0.1) is 11.3 Å². The first-order valence-electron chi connectivity index (χ1n) is 7.62. The fourth-order valence-electron chi connectivity index (χ4n) is 2.67. The lowest BCUT2D eigenvalue weighted by Crippen LogP contribution is -2.21. The molecule has 3 atom stereocenters. The van der Waals surface area contributed by atoms with E-state index in [1.54, 1.807) is 0 Å². The molecule has 0 aliphatic heterocycles. The Labute approximate surface area is 112 Å². The molecule has 0 saturated carbocycles. The third-order valence-corrected chi connectivity index (χ3v) is 5.89. The van der Waals surface area contributed by atoms with Crippen molar-refractivity contribution in [3.8, 4) is 0 Å². The maximum atomic E-state index is 2.41. The second kappa shape index (κ2) is 9.37. The Hall–Kier alpha value is 0.430. The first-order chi connectivity index (χ1) is 7.95. The van der Waals surface area contributed by atoms with E-state index in [1.165, 1.54) is 44.9 Å². The maximum absolute atomic E-state index is 2.41. The van der Waals surface area contributed by atoms with Crippen molar-refractivity contribution in [2.45, 2.75) is 85.2 Å². The molecule has 1 heteroatoms. The Kier molecular flexibility index (Phi) is 9.61. The SMILES string of the molecule is CCCCC(CC)CCCC(PC)C(C)(C)C. The van der Waals surface area contributed by atoms with Crippen LogP contribution < -0.4 is 0 Å². The van der Waals surface area contributed by atoms with Crippen LogP contribution >= 0.6 is 8.58 Å². The van der Waals surface area contributed by atoms with E-state index in [2.05, 4.69) is 41.3 Å². The molecule has 0 bridgehead atoms. The van der Waals surface area contributed by atoms with Gasteiger partial charge in [-0.05, 0) is 30.1 Å². The Morgan fingerprint density at radius 1 is 0.941 bits per heavy atom. The molecule has 0 aliphatic carbocycles. The minimum Gasteiger partial charge on any atom is -0.122 e. The molecule has 17 heavy (non-hydrogen) atoms. The highest BCUT2D eigenvalue weighted by Crippen LogP contribution is 2.36. The summed E-state index contributed by atoms with van der Waals surface area (Å²) in [4.78, 5) is 0.